The Morgan fingerprint density at radius 3 is 2.68 bits per heavy atom. The van der Waals surface area contributed by atoms with Gasteiger partial charge in [0.05, 0.1) is 6.61 Å². The van der Waals surface area contributed by atoms with E-state index in [1.807, 2.05) is 55.6 Å². The first-order chi connectivity index (χ1) is 13.7. The maximum absolute atomic E-state index is 12.6. The third-order valence-corrected chi connectivity index (χ3v) is 5.02. The van der Waals surface area contributed by atoms with Gasteiger partial charge in [-0.2, -0.15) is 0 Å². The second-order valence-corrected chi connectivity index (χ2v) is 7.02. The number of ether oxygens (including phenoxy) is 1. The molecule has 0 spiro atoms. The van der Waals surface area contributed by atoms with Gasteiger partial charge < -0.3 is 9.64 Å². The Kier molecular flexibility index (Phi) is 5.24. The van der Waals surface area contributed by atoms with Crippen LogP contribution in [0.4, 0.5) is 0 Å². The Hall–Kier alpha value is -3.33. The van der Waals surface area contributed by atoms with E-state index in [-0.39, 0.29) is 5.91 Å². The zero-order valence-corrected chi connectivity index (χ0v) is 16.0. The van der Waals surface area contributed by atoms with Crippen molar-refractivity contribution in [3.8, 4) is 16.9 Å². The minimum absolute atomic E-state index is 0.0142. The van der Waals surface area contributed by atoms with Crippen LogP contribution in [0.25, 0.3) is 17.2 Å². The van der Waals surface area contributed by atoms with Crippen LogP contribution in [0.15, 0.2) is 78.9 Å². The summed E-state index contributed by atoms with van der Waals surface area (Å²) in [6.45, 7) is 1.30. The Balaban J connectivity index is 1.47. The molecule has 140 valence electrons. The number of hydrogen-bond donors (Lipinski definition) is 0. The summed E-state index contributed by atoms with van der Waals surface area (Å²) in [4.78, 5) is 14.4. The van der Waals surface area contributed by atoms with Gasteiger partial charge in [-0.1, -0.05) is 60.7 Å². The van der Waals surface area contributed by atoms with E-state index in [2.05, 4.69) is 30.3 Å². The summed E-state index contributed by atoms with van der Waals surface area (Å²) >= 11 is 0. The molecule has 4 rings (SSSR count). The van der Waals surface area contributed by atoms with Gasteiger partial charge in [0.25, 0.3) is 0 Å². The van der Waals surface area contributed by atoms with Crippen LogP contribution in [0, 0.1) is 0 Å². The second-order valence-electron chi connectivity index (χ2n) is 7.02. The molecule has 28 heavy (non-hydrogen) atoms. The van der Waals surface area contributed by atoms with Crippen molar-refractivity contribution in [1.29, 1.82) is 0 Å². The van der Waals surface area contributed by atoms with Gasteiger partial charge in [0.2, 0.25) is 5.91 Å². The van der Waals surface area contributed by atoms with Crippen molar-refractivity contribution in [2.24, 2.45) is 0 Å². The van der Waals surface area contributed by atoms with Gasteiger partial charge in [0.15, 0.2) is 0 Å². The van der Waals surface area contributed by atoms with Crippen molar-refractivity contribution < 1.29 is 9.53 Å². The maximum atomic E-state index is 12.6. The van der Waals surface area contributed by atoms with E-state index in [0.29, 0.717) is 6.54 Å². The lowest BCUT2D eigenvalue weighted by molar-refractivity contribution is -0.125. The molecule has 0 radical (unpaired) electrons. The SMILES string of the molecule is CN(Cc1ccccc1-c1ccccc1)C(=O)C=Cc1ccc2c(c1)CCO2. The van der Waals surface area contributed by atoms with Gasteiger partial charge in [0, 0.05) is 26.1 Å². The normalized spacial score (nSPS) is 12.6. The standard InChI is InChI=1S/C25H23NO2/c1-26(18-22-9-5-6-10-23(22)20-7-3-2-4-8-20)25(27)14-12-19-11-13-24-21(17-19)15-16-28-24/h2-14,17H,15-16,18H2,1H3. The van der Waals surface area contributed by atoms with Crippen LogP contribution >= 0.6 is 0 Å². The minimum atomic E-state index is -0.0142. The molecule has 3 nitrogen and oxygen atoms in total. The number of benzene rings is 3. The van der Waals surface area contributed by atoms with Gasteiger partial charge in [-0.25, -0.2) is 0 Å². The number of carbonyl (C=O) groups excluding carboxylic acids is 1. The van der Waals surface area contributed by atoms with E-state index >= 15 is 0 Å². The lowest BCUT2D eigenvalue weighted by Crippen LogP contribution is -2.24. The second kappa shape index (κ2) is 8.13. The predicted octanol–water partition coefficient (Wildman–Crippen LogP) is 4.96. The number of carbonyl (C=O) groups is 1. The number of fused-ring (bicyclic) bond motifs is 1. The average Bonchev–Trinajstić information content (AvgIpc) is 3.21. The zero-order valence-electron chi connectivity index (χ0n) is 16.0. The molecule has 0 aliphatic carbocycles. The molecule has 3 aromatic carbocycles. The molecule has 3 aromatic rings. The Bertz CT molecular complexity index is 1010. The molecular weight excluding hydrogens is 346 g/mol. The molecule has 1 aliphatic heterocycles. The van der Waals surface area contributed by atoms with Crippen molar-refractivity contribution in [3.05, 3.63) is 95.6 Å². The van der Waals surface area contributed by atoms with Crippen LogP contribution in [0.3, 0.4) is 0 Å². The van der Waals surface area contributed by atoms with Gasteiger partial charge in [0.1, 0.15) is 5.75 Å². The maximum Gasteiger partial charge on any atom is 0.246 e. The van der Waals surface area contributed by atoms with Gasteiger partial charge in [-0.15, -0.1) is 0 Å². The van der Waals surface area contributed by atoms with Gasteiger partial charge in [-0.3, -0.25) is 4.79 Å². The summed E-state index contributed by atoms with van der Waals surface area (Å²) in [5.41, 5.74) is 5.68. The Morgan fingerprint density at radius 1 is 1.04 bits per heavy atom. The summed E-state index contributed by atoms with van der Waals surface area (Å²) < 4.78 is 5.53. The number of likely N-dealkylation sites (N-methyl/N-ethyl adjacent to an activating group) is 1. The molecule has 0 aromatic heterocycles. The van der Waals surface area contributed by atoms with Crippen molar-refractivity contribution in [2.45, 2.75) is 13.0 Å². The summed E-state index contributed by atoms with van der Waals surface area (Å²) in [7, 11) is 1.84. The number of hydrogen-bond acceptors (Lipinski definition) is 2. The molecule has 0 fully saturated rings. The number of nitrogens with zero attached hydrogens (tertiary/aromatic N) is 1. The van der Waals surface area contributed by atoms with Crippen molar-refractivity contribution >= 4 is 12.0 Å². The molecule has 0 unspecified atom stereocenters. The van der Waals surface area contributed by atoms with Gasteiger partial charge >= 0.3 is 0 Å². The highest BCUT2D eigenvalue weighted by atomic mass is 16.5. The van der Waals surface area contributed by atoms with Crippen molar-refractivity contribution in [3.63, 3.8) is 0 Å². The first kappa shape index (κ1) is 18.1. The van der Waals surface area contributed by atoms with Crippen LogP contribution < -0.4 is 4.74 Å². The van der Waals surface area contributed by atoms with Crippen molar-refractivity contribution in [2.75, 3.05) is 13.7 Å². The van der Waals surface area contributed by atoms with E-state index in [9.17, 15) is 4.79 Å². The minimum Gasteiger partial charge on any atom is -0.493 e. The summed E-state index contributed by atoms with van der Waals surface area (Å²) in [6.07, 6.45) is 4.45. The first-order valence-corrected chi connectivity index (χ1v) is 9.53. The molecular formula is C25H23NO2. The van der Waals surface area contributed by atoms with Crippen LogP contribution in [0.5, 0.6) is 5.75 Å². The molecule has 1 amide bonds. The van der Waals surface area contributed by atoms with E-state index in [1.165, 1.54) is 5.56 Å². The summed E-state index contributed by atoms with van der Waals surface area (Å²) in [5.74, 6) is 0.942. The van der Waals surface area contributed by atoms with Crippen LogP contribution in [-0.4, -0.2) is 24.5 Å². The van der Waals surface area contributed by atoms with Crippen molar-refractivity contribution in [1.82, 2.24) is 4.90 Å². The Morgan fingerprint density at radius 2 is 1.82 bits per heavy atom. The fraction of sp³-hybridized carbons (Fsp3) is 0.160. The number of amides is 1. The molecule has 0 bridgehead atoms. The average molecular weight is 369 g/mol. The molecule has 0 saturated heterocycles. The lowest BCUT2D eigenvalue weighted by atomic mass is 9.99. The first-order valence-electron chi connectivity index (χ1n) is 9.53. The van der Waals surface area contributed by atoms with Crippen LogP contribution in [-0.2, 0) is 17.8 Å². The van der Waals surface area contributed by atoms with E-state index < -0.39 is 0 Å². The van der Waals surface area contributed by atoms with E-state index in [1.54, 1.807) is 11.0 Å². The Labute approximate surface area is 165 Å². The smallest absolute Gasteiger partial charge is 0.246 e. The van der Waals surface area contributed by atoms with E-state index in [0.717, 1.165) is 41.0 Å². The third kappa shape index (κ3) is 3.99. The molecule has 1 aliphatic rings. The molecule has 0 saturated carbocycles. The predicted molar refractivity (Wildman–Crippen MR) is 113 cm³/mol. The zero-order chi connectivity index (χ0) is 19.3. The highest BCUT2D eigenvalue weighted by Crippen LogP contribution is 2.27. The fourth-order valence-corrected chi connectivity index (χ4v) is 3.50. The highest BCUT2D eigenvalue weighted by Gasteiger charge is 2.12. The third-order valence-electron chi connectivity index (χ3n) is 5.02. The fourth-order valence-electron chi connectivity index (χ4n) is 3.50. The van der Waals surface area contributed by atoms with Gasteiger partial charge in [-0.05, 0) is 46.0 Å². The quantitative estimate of drug-likeness (QED) is 0.595. The summed E-state index contributed by atoms with van der Waals surface area (Å²) in [5, 5.41) is 0. The number of rotatable bonds is 5. The molecule has 0 atom stereocenters. The van der Waals surface area contributed by atoms with Crippen LogP contribution in [0.1, 0.15) is 16.7 Å². The summed E-state index contributed by atoms with van der Waals surface area (Å²) in [6, 6.07) is 24.6. The molecule has 0 N–H and O–H groups in total. The molecule has 3 heteroatoms. The lowest BCUT2D eigenvalue weighted by Gasteiger charge is -2.18. The van der Waals surface area contributed by atoms with E-state index in [4.69, 9.17) is 4.74 Å². The van der Waals surface area contributed by atoms with Crippen LogP contribution in [0.2, 0.25) is 0 Å². The molecule has 1 heterocycles. The monoisotopic (exact) mass is 369 g/mol. The topological polar surface area (TPSA) is 29.5 Å². The highest BCUT2D eigenvalue weighted by molar-refractivity contribution is 5.91. The largest absolute Gasteiger partial charge is 0.493 e.